The van der Waals surface area contributed by atoms with E-state index in [1.54, 1.807) is 0 Å². The zero-order valence-corrected chi connectivity index (χ0v) is 10.3. The topological polar surface area (TPSA) is 80.3 Å². The van der Waals surface area contributed by atoms with Gasteiger partial charge in [0.1, 0.15) is 0 Å². The van der Waals surface area contributed by atoms with Crippen LogP contribution in [-0.2, 0) is 9.59 Å². The van der Waals surface area contributed by atoms with Crippen molar-refractivity contribution in [2.45, 2.75) is 27.7 Å². The van der Waals surface area contributed by atoms with Crippen LogP contribution in [0.5, 0.6) is 0 Å². The summed E-state index contributed by atoms with van der Waals surface area (Å²) < 4.78 is 0. The molecule has 0 heterocycles. The van der Waals surface area contributed by atoms with Gasteiger partial charge in [0, 0.05) is 0 Å². The Kier molecular flexibility index (Phi) is 10.2. The summed E-state index contributed by atoms with van der Waals surface area (Å²) in [6.07, 6.45) is 0. The molecule has 0 amide bonds. The Morgan fingerprint density at radius 2 is 1.07 bits per heavy atom. The van der Waals surface area contributed by atoms with Crippen molar-refractivity contribution in [2.24, 2.45) is 17.3 Å². The molecule has 0 aliphatic rings. The molecule has 0 N–H and O–H groups in total. The molecular formula is C9H14Li2O4. The van der Waals surface area contributed by atoms with Gasteiger partial charge in [-0.25, -0.2) is 0 Å². The summed E-state index contributed by atoms with van der Waals surface area (Å²) in [5, 5.41) is 21.6. The van der Waals surface area contributed by atoms with Gasteiger partial charge in [-0.15, -0.1) is 0 Å². The Labute approximate surface area is 114 Å². The van der Waals surface area contributed by atoms with Crippen LogP contribution in [0, 0.1) is 17.3 Å². The van der Waals surface area contributed by atoms with E-state index in [9.17, 15) is 19.8 Å². The summed E-state index contributed by atoms with van der Waals surface area (Å²) in [5.41, 5.74) is -1.89. The van der Waals surface area contributed by atoms with Crippen LogP contribution in [0.25, 0.3) is 0 Å². The number of carbonyl (C=O) groups excluding carboxylic acids is 2. The Morgan fingerprint density at radius 1 is 0.867 bits per heavy atom. The van der Waals surface area contributed by atoms with Crippen molar-refractivity contribution in [2.75, 3.05) is 0 Å². The van der Waals surface area contributed by atoms with E-state index < -0.39 is 29.2 Å². The molecule has 0 saturated heterocycles. The monoisotopic (exact) mass is 200 g/mol. The molecule has 0 aliphatic carbocycles. The van der Waals surface area contributed by atoms with Gasteiger partial charge in [0.15, 0.2) is 0 Å². The second-order valence-corrected chi connectivity index (χ2v) is 3.75. The molecule has 0 aliphatic heterocycles. The number of carbonyl (C=O) groups is 2. The smallest absolute Gasteiger partial charge is 0.549 e. The molecule has 0 rings (SSSR count). The van der Waals surface area contributed by atoms with Crippen LogP contribution < -0.4 is 47.9 Å². The van der Waals surface area contributed by atoms with Crippen molar-refractivity contribution < 1.29 is 57.5 Å². The first-order chi connectivity index (χ1) is 5.77. The predicted molar refractivity (Wildman–Crippen MR) is 42.1 cm³/mol. The second kappa shape index (κ2) is 7.42. The predicted octanol–water partition coefficient (Wildman–Crippen LogP) is -7.21. The van der Waals surface area contributed by atoms with Crippen LogP contribution in [0.3, 0.4) is 0 Å². The summed E-state index contributed by atoms with van der Waals surface area (Å²) >= 11 is 0. The molecule has 0 aromatic rings. The summed E-state index contributed by atoms with van der Waals surface area (Å²) in [4.78, 5) is 21.6. The first-order valence-corrected chi connectivity index (χ1v) is 4.20. The van der Waals surface area contributed by atoms with Crippen molar-refractivity contribution in [1.29, 1.82) is 0 Å². The van der Waals surface area contributed by atoms with Gasteiger partial charge in [0.05, 0.1) is 17.4 Å². The average Bonchev–Trinajstić information content (AvgIpc) is 1.82. The molecule has 4 nitrogen and oxygen atoms in total. The van der Waals surface area contributed by atoms with E-state index in [0.29, 0.717) is 0 Å². The second-order valence-electron chi connectivity index (χ2n) is 3.75. The van der Waals surface area contributed by atoms with Gasteiger partial charge in [-0.05, 0) is 11.8 Å². The summed E-state index contributed by atoms with van der Waals surface area (Å²) in [5.74, 6) is -4.25. The minimum atomic E-state index is -1.89. The number of aliphatic carboxylic acids is 2. The summed E-state index contributed by atoms with van der Waals surface area (Å²) in [7, 11) is 0. The van der Waals surface area contributed by atoms with E-state index in [0.717, 1.165) is 0 Å². The molecule has 15 heavy (non-hydrogen) atoms. The van der Waals surface area contributed by atoms with E-state index in [4.69, 9.17) is 0 Å². The fraction of sp³-hybridized carbons (Fsp3) is 0.778. The Bertz CT molecular complexity index is 202. The van der Waals surface area contributed by atoms with Crippen molar-refractivity contribution in [3.05, 3.63) is 0 Å². The molecule has 0 spiro atoms. The number of carboxylic acid groups (broad SMARTS) is 2. The zero-order chi connectivity index (χ0) is 10.8. The Balaban J connectivity index is -0.000000720. The van der Waals surface area contributed by atoms with Crippen molar-refractivity contribution in [3.8, 4) is 0 Å². The summed E-state index contributed by atoms with van der Waals surface area (Å²) in [6, 6.07) is 0. The molecule has 0 aromatic heterocycles. The molecule has 6 heteroatoms. The molecule has 0 aromatic carbocycles. The fourth-order valence-electron chi connectivity index (χ4n) is 1.69. The Morgan fingerprint density at radius 3 is 1.07 bits per heavy atom. The van der Waals surface area contributed by atoms with Crippen LogP contribution in [0.4, 0.5) is 0 Å². The number of hydrogen-bond donors (Lipinski definition) is 0. The largest absolute Gasteiger partial charge is 1.00 e. The Hall–Kier alpha value is 0.135. The van der Waals surface area contributed by atoms with Crippen molar-refractivity contribution in [1.82, 2.24) is 0 Å². The molecule has 0 saturated carbocycles. The van der Waals surface area contributed by atoms with E-state index in [1.807, 2.05) is 0 Å². The molecule has 0 radical (unpaired) electrons. The number of rotatable bonds is 4. The third-order valence-corrected chi connectivity index (χ3v) is 2.50. The van der Waals surface area contributed by atoms with Gasteiger partial charge in [0.25, 0.3) is 0 Å². The van der Waals surface area contributed by atoms with E-state index in [-0.39, 0.29) is 37.7 Å². The minimum absolute atomic E-state index is 0. The molecule has 76 valence electrons. The van der Waals surface area contributed by atoms with Crippen LogP contribution in [-0.4, -0.2) is 11.9 Å². The molecule has 0 atom stereocenters. The number of carboxylic acids is 2. The molecule has 0 fully saturated rings. The van der Waals surface area contributed by atoms with E-state index in [1.165, 1.54) is 27.7 Å². The van der Waals surface area contributed by atoms with Crippen LogP contribution in [0.2, 0.25) is 0 Å². The standard InChI is InChI=1S/C9H16O4.2Li/c1-5(2)9(6(3)4,7(10)11)8(12)13;;/h5-6H,1-4H3,(H,10,11)(H,12,13);;/q;2*+1/p-2. The van der Waals surface area contributed by atoms with Gasteiger partial charge in [-0.1, -0.05) is 27.7 Å². The normalized spacial score (nSPS) is 10.5. The molecule has 0 unspecified atom stereocenters. The maximum absolute atomic E-state index is 10.8. The van der Waals surface area contributed by atoms with Gasteiger partial charge >= 0.3 is 37.7 Å². The van der Waals surface area contributed by atoms with E-state index in [2.05, 4.69) is 0 Å². The average molecular weight is 200 g/mol. The maximum Gasteiger partial charge on any atom is 1.00 e. The van der Waals surface area contributed by atoms with Gasteiger partial charge in [-0.2, -0.15) is 0 Å². The first kappa shape index (κ1) is 20.5. The third-order valence-electron chi connectivity index (χ3n) is 2.50. The molecule has 0 bridgehead atoms. The zero-order valence-electron chi connectivity index (χ0n) is 10.3. The third kappa shape index (κ3) is 3.57. The molecular weight excluding hydrogens is 186 g/mol. The fourth-order valence-corrected chi connectivity index (χ4v) is 1.69. The first-order valence-electron chi connectivity index (χ1n) is 4.20. The summed E-state index contributed by atoms with van der Waals surface area (Å²) in [6.45, 7) is 6.13. The quantitative estimate of drug-likeness (QED) is 0.333. The van der Waals surface area contributed by atoms with Gasteiger partial charge < -0.3 is 19.8 Å². The van der Waals surface area contributed by atoms with Crippen molar-refractivity contribution in [3.63, 3.8) is 0 Å². The van der Waals surface area contributed by atoms with Gasteiger partial charge in [0.2, 0.25) is 0 Å². The maximum atomic E-state index is 10.8. The van der Waals surface area contributed by atoms with E-state index >= 15 is 0 Å². The SMILES string of the molecule is CC(C)C(C(=O)[O-])(C(=O)[O-])C(C)C.[Li+].[Li+]. The van der Waals surface area contributed by atoms with Crippen LogP contribution in [0.15, 0.2) is 0 Å². The van der Waals surface area contributed by atoms with Gasteiger partial charge in [-0.3, -0.25) is 0 Å². The van der Waals surface area contributed by atoms with Crippen LogP contribution >= 0.6 is 0 Å². The number of hydrogen-bond acceptors (Lipinski definition) is 4. The van der Waals surface area contributed by atoms with Crippen molar-refractivity contribution >= 4 is 11.9 Å². The minimum Gasteiger partial charge on any atom is -0.549 e. The van der Waals surface area contributed by atoms with Crippen LogP contribution in [0.1, 0.15) is 27.7 Å².